The number of hydrogen-bond acceptors (Lipinski definition) is 5. The Morgan fingerprint density at radius 3 is 2.76 bits per heavy atom. The number of aromatic nitrogens is 1. The first-order valence-corrected chi connectivity index (χ1v) is 13.1. The Labute approximate surface area is 233 Å². The van der Waals surface area contributed by atoms with Gasteiger partial charge in [0.05, 0.1) is 30.1 Å². The average Bonchev–Trinajstić information content (AvgIpc) is 3.52. The quantitative estimate of drug-likeness (QED) is 0.233. The molecule has 7 nitrogen and oxygen atoms in total. The van der Waals surface area contributed by atoms with Crippen LogP contribution >= 0.6 is 28.1 Å². The summed E-state index contributed by atoms with van der Waals surface area (Å²) in [4.78, 5) is 19.3. The first-order valence-electron chi connectivity index (χ1n) is 11.9. The Kier molecular flexibility index (Phi) is 7.71. The number of hydrogen-bond donors (Lipinski definition) is 2. The monoisotopic (exact) mass is 594 g/mol. The number of amides is 1. The molecule has 2 aromatic heterocycles. The Hall–Kier alpha value is -3.76. The molecule has 4 aromatic rings. The molecule has 0 bridgehead atoms. The van der Waals surface area contributed by atoms with E-state index in [1.807, 2.05) is 41.3 Å². The van der Waals surface area contributed by atoms with Crippen LogP contribution in [0.1, 0.15) is 30.0 Å². The van der Waals surface area contributed by atoms with Crippen LogP contribution in [0.25, 0.3) is 11.3 Å². The fourth-order valence-corrected chi connectivity index (χ4v) is 5.15. The van der Waals surface area contributed by atoms with Crippen LogP contribution in [0.2, 0.25) is 0 Å². The van der Waals surface area contributed by atoms with Crippen LogP contribution in [0.3, 0.4) is 0 Å². The second-order valence-electron chi connectivity index (χ2n) is 8.64. The van der Waals surface area contributed by atoms with E-state index in [2.05, 4.69) is 31.5 Å². The molecule has 1 amide bonds. The van der Waals surface area contributed by atoms with Crippen LogP contribution in [0.4, 0.5) is 10.1 Å². The smallest absolute Gasteiger partial charge is 0.226 e. The molecule has 38 heavy (non-hydrogen) atoms. The lowest BCUT2D eigenvalue weighted by Gasteiger charge is -2.26. The minimum Gasteiger partial charge on any atom is -0.495 e. The maximum Gasteiger partial charge on any atom is 0.226 e. The SMILES string of the molecule is COc1ccccc1NC(=O)CCN1C(=S)N[C@H](c2ccccn2)[C@@H]1c1ccc(-c2ccc(Br)cc2F)o1. The molecular formula is C28H24BrFN4O3S. The van der Waals surface area contributed by atoms with Crippen LogP contribution in [0.15, 0.2) is 87.9 Å². The summed E-state index contributed by atoms with van der Waals surface area (Å²) in [5.74, 6) is 0.975. The summed E-state index contributed by atoms with van der Waals surface area (Å²) in [6.45, 7) is 0.323. The minimum atomic E-state index is -0.399. The normalized spacial score (nSPS) is 16.8. The lowest BCUT2D eigenvalue weighted by molar-refractivity contribution is -0.116. The second-order valence-corrected chi connectivity index (χ2v) is 9.95. The number of thiocarbonyl (C=S) groups is 1. The third-order valence-corrected chi connectivity index (χ3v) is 7.12. The van der Waals surface area contributed by atoms with Crippen molar-refractivity contribution in [3.8, 4) is 17.1 Å². The van der Waals surface area contributed by atoms with Crippen molar-refractivity contribution in [2.75, 3.05) is 19.0 Å². The molecule has 3 heterocycles. The predicted molar refractivity (Wildman–Crippen MR) is 150 cm³/mol. The van der Waals surface area contributed by atoms with E-state index in [1.165, 1.54) is 6.07 Å². The van der Waals surface area contributed by atoms with Crippen LogP contribution in [-0.2, 0) is 4.79 Å². The minimum absolute atomic E-state index is 0.167. The first-order chi connectivity index (χ1) is 18.4. The van der Waals surface area contributed by atoms with E-state index in [0.717, 1.165) is 5.69 Å². The lowest BCUT2D eigenvalue weighted by atomic mass is 10.0. The summed E-state index contributed by atoms with van der Waals surface area (Å²) in [6, 6.07) is 20.5. The van der Waals surface area contributed by atoms with Crippen molar-refractivity contribution in [1.29, 1.82) is 0 Å². The van der Waals surface area contributed by atoms with E-state index >= 15 is 0 Å². The van der Waals surface area contributed by atoms with Crippen LogP contribution in [-0.4, -0.2) is 34.6 Å². The maximum absolute atomic E-state index is 14.6. The summed E-state index contributed by atoms with van der Waals surface area (Å²) in [6.07, 6.45) is 1.88. The molecule has 1 aliphatic heterocycles. The molecule has 194 valence electrons. The van der Waals surface area contributed by atoms with E-state index in [4.69, 9.17) is 21.4 Å². The molecule has 2 N–H and O–H groups in total. The number of halogens is 2. The van der Waals surface area contributed by atoms with Gasteiger partial charge in [-0.05, 0) is 66.8 Å². The van der Waals surface area contributed by atoms with Crippen molar-refractivity contribution in [2.24, 2.45) is 0 Å². The zero-order chi connectivity index (χ0) is 26.6. The van der Waals surface area contributed by atoms with Crippen molar-refractivity contribution in [2.45, 2.75) is 18.5 Å². The zero-order valence-corrected chi connectivity index (χ0v) is 22.8. The molecule has 0 saturated carbocycles. The standard InChI is InChI=1S/C28H24BrFN4O3S/c1-36-23-8-3-2-6-20(23)32-25(35)13-15-34-27(26(33-28(34)38)21-7-4-5-14-31-21)24-12-11-22(37-24)18-10-9-17(29)16-19(18)30/h2-12,14,16,26-27H,13,15H2,1H3,(H,32,35)(H,33,38)/t26-,27+/m1/s1. The molecule has 2 aromatic carbocycles. The van der Waals surface area contributed by atoms with E-state index in [9.17, 15) is 9.18 Å². The molecule has 1 aliphatic rings. The lowest BCUT2D eigenvalue weighted by Crippen LogP contribution is -2.32. The van der Waals surface area contributed by atoms with Gasteiger partial charge in [-0.15, -0.1) is 0 Å². The summed E-state index contributed by atoms with van der Waals surface area (Å²) in [5, 5.41) is 6.71. The largest absolute Gasteiger partial charge is 0.495 e. The number of carbonyl (C=O) groups is 1. The third-order valence-electron chi connectivity index (χ3n) is 6.27. The fraction of sp³-hybridized carbons (Fsp3) is 0.179. The molecule has 1 fully saturated rings. The zero-order valence-electron chi connectivity index (χ0n) is 20.4. The number of methoxy groups -OCH3 is 1. The van der Waals surface area contributed by atoms with Crippen LogP contribution in [0, 0.1) is 5.82 Å². The number of nitrogens with one attached hydrogen (secondary N) is 2. The van der Waals surface area contributed by atoms with Crippen LogP contribution in [0.5, 0.6) is 5.75 Å². The van der Waals surface area contributed by atoms with Crippen molar-refractivity contribution in [1.82, 2.24) is 15.2 Å². The molecule has 0 aliphatic carbocycles. The van der Waals surface area contributed by atoms with Crippen molar-refractivity contribution < 1.29 is 18.3 Å². The highest BCUT2D eigenvalue weighted by Crippen LogP contribution is 2.41. The number of rotatable bonds is 8. The summed E-state index contributed by atoms with van der Waals surface area (Å²) in [5.41, 5.74) is 1.72. The van der Waals surface area contributed by atoms with Gasteiger partial charge < -0.3 is 24.7 Å². The van der Waals surface area contributed by atoms with E-state index < -0.39 is 11.9 Å². The number of benzene rings is 2. The molecular weight excluding hydrogens is 571 g/mol. The number of carbonyl (C=O) groups excluding carboxylic acids is 1. The number of para-hydroxylation sites is 2. The van der Waals surface area contributed by atoms with Gasteiger partial charge in [-0.1, -0.05) is 34.1 Å². The summed E-state index contributed by atoms with van der Waals surface area (Å²) < 4.78 is 26.8. The summed E-state index contributed by atoms with van der Waals surface area (Å²) >= 11 is 8.97. The predicted octanol–water partition coefficient (Wildman–Crippen LogP) is 6.25. The topological polar surface area (TPSA) is 79.6 Å². The number of pyridine rings is 1. The van der Waals surface area contributed by atoms with Gasteiger partial charge in [-0.3, -0.25) is 9.78 Å². The van der Waals surface area contributed by atoms with E-state index in [0.29, 0.717) is 44.7 Å². The Bertz CT molecular complexity index is 1470. The van der Waals surface area contributed by atoms with Gasteiger partial charge in [0.1, 0.15) is 29.1 Å². The van der Waals surface area contributed by atoms with Gasteiger partial charge in [0, 0.05) is 23.6 Å². The number of ether oxygens (including phenoxy) is 1. The van der Waals surface area contributed by atoms with Gasteiger partial charge in [0.25, 0.3) is 0 Å². The van der Waals surface area contributed by atoms with Crippen LogP contribution < -0.4 is 15.4 Å². The van der Waals surface area contributed by atoms with Gasteiger partial charge >= 0.3 is 0 Å². The van der Waals surface area contributed by atoms with Gasteiger partial charge in [-0.2, -0.15) is 0 Å². The molecule has 10 heteroatoms. The number of furan rings is 1. The highest BCUT2D eigenvalue weighted by molar-refractivity contribution is 9.10. The van der Waals surface area contributed by atoms with Gasteiger partial charge in [0.2, 0.25) is 5.91 Å². The molecule has 0 spiro atoms. The van der Waals surface area contributed by atoms with Crippen molar-refractivity contribution >= 4 is 44.9 Å². The van der Waals surface area contributed by atoms with Gasteiger partial charge in [-0.25, -0.2) is 4.39 Å². The molecule has 2 atom stereocenters. The molecule has 5 rings (SSSR count). The van der Waals surface area contributed by atoms with E-state index in [-0.39, 0.29) is 18.4 Å². The van der Waals surface area contributed by atoms with E-state index in [1.54, 1.807) is 43.6 Å². The number of nitrogens with zero attached hydrogens (tertiary/aromatic N) is 2. The Morgan fingerprint density at radius 2 is 2.00 bits per heavy atom. The molecule has 0 unspecified atom stereocenters. The van der Waals surface area contributed by atoms with Gasteiger partial charge in [0.15, 0.2) is 5.11 Å². The van der Waals surface area contributed by atoms with Crippen molar-refractivity contribution in [3.63, 3.8) is 0 Å². The maximum atomic E-state index is 14.6. The second kappa shape index (κ2) is 11.3. The first kappa shape index (κ1) is 25.9. The third kappa shape index (κ3) is 5.41. The highest BCUT2D eigenvalue weighted by atomic mass is 79.9. The fourth-order valence-electron chi connectivity index (χ4n) is 4.48. The molecule has 1 saturated heterocycles. The Balaban J connectivity index is 1.41. The highest BCUT2D eigenvalue weighted by Gasteiger charge is 2.41. The van der Waals surface area contributed by atoms with Crippen molar-refractivity contribution in [3.05, 3.63) is 101 Å². The molecule has 0 radical (unpaired) electrons. The Morgan fingerprint density at radius 1 is 1.18 bits per heavy atom. The summed E-state index contributed by atoms with van der Waals surface area (Å²) in [7, 11) is 1.56. The number of anilines is 1. The average molecular weight is 595 g/mol.